The molecular weight excluding hydrogens is 226 g/mol. The van der Waals surface area contributed by atoms with Crippen molar-refractivity contribution in [3.63, 3.8) is 0 Å². The number of anilines is 1. The van der Waals surface area contributed by atoms with Crippen molar-refractivity contribution in [1.29, 1.82) is 0 Å². The van der Waals surface area contributed by atoms with Crippen LogP contribution >= 0.6 is 11.6 Å². The summed E-state index contributed by atoms with van der Waals surface area (Å²) in [6.07, 6.45) is 0.693. The summed E-state index contributed by atoms with van der Waals surface area (Å²) in [6.45, 7) is 6.79. The van der Waals surface area contributed by atoms with E-state index in [9.17, 15) is 0 Å². The van der Waals surface area contributed by atoms with Gasteiger partial charge in [0.1, 0.15) is 16.8 Å². The minimum Gasteiger partial charge on any atom is -0.396 e. The Morgan fingerprint density at radius 1 is 1.38 bits per heavy atom. The van der Waals surface area contributed by atoms with E-state index in [1.807, 2.05) is 20.8 Å². The largest absolute Gasteiger partial charge is 0.396 e. The second kappa shape index (κ2) is 6.01. The van der Waals surface area contributed by atoms with Crippen LogP contribution in [0.25, 0.3) is 0 Å². The maximum Gasteiger partial charge on any atom is 0.137 e. The first-order chi connectivity index (χ1) is 7.56. The molecule has 0 saturated heterocycles. The quantitative estimate of drug-likeness (QED) is 0.616. The predicted molar refractivity (Wildman–Crippen MR) is 66.1 cm³/mol. The Morgan fingerprint density at radius 3 is 2.62 bits per heavy atom. The Hall–Kier alpha value is -0.870. The van der Waals surface area contributed by atoms with E-state index in [2.05, 4.69) is 15.3 Å². The zero-order valence-electron chi connectivity index (χ0n) is 9.92. The third kappa shape index (κ3) is 3.32. The number of halogens is 1. The van der Waals surface area contributed by atoms with Gasteiger partial charge in [-0.3, -0.25) is 0 Å². The van der Waals surface area contributed by atoms with Gasteiger partial charge in [0.15, 0.2) is 0 Å². The molecule has 0 bridgehead atoms. The molecule has 0 aliphatic carbocycles. The fourth-order valence-electron chi connectivity index (χ4n) is 1.22. The van der Waals surface area contributed by atoms with Crippen molar-refractivity contribution < 1.29 is 5.11 Å². The van der Waals surface area contributed by atoms with Gasteiger partial charge in [0.2, 0.25) is 0 Å². The number of nitrogens with one attached hydrogen (secondary N) is 1. The van der Waals surface area contributed by atoms with Gasteiger partial charge in [-0.05, 0) is 13.3 Å². The van der Waals surface area contributed by atoms with Crippen molar-refractivity contribution in [2.24, 2.45) is 0 Å². The summed E-state index contributed by atoms with van der Waals surface area (Å²) in [5.74, 6) is 1.75. The third-order valence-electron chi connectivity index (χ3n) is 2.25. The molecule has 1 aromatic heterocycles. The van der Waals surface area contributed by atoms with Gasteiger partial charge >= 0.3 is 0 Å². The van der Waals surface area contributed by atoms with E-state index < -0.39 is 0 Å². The number of aromatic nitrogens is 2. The summed E-state index contributed by atoms with van der Waals surface area (Å²) in [5.41, 5.74) is 0.851. The van der Waals surface area contributed by atoms with Crippen LogP contribution < -0.4 is 5.32 Å². The van der Waals surface area contributed by atoms with Gasteiger partial charge in [-0.2, -0.15) is 0 Å². The topological polar surface area (TPSA) is 58.0 Å². The van der Waals surface area contributed by atoms with E-state index >= 15 is 0 Å². The minimum atomic E-state index is 0.169. The van der Waals surface area contributed by atoms with E-state index in [1.54, 1.807) is 0 Å². The Labute approximate surface area is 101 Å². The summed E-state index contributed by atoms with van der Waals surface area (Å²) in [4.78, 5) is 8.64. The summed E-state index contributed by atoms with van der Waals surface area (Å²) in [6, 6.07) is 0. The molecule has 0 radical (unpaired) electrons. The second-order valence-electron chi connectivity index (χ2n) is 4.00. The fraction of sp³-hybridized carbons (Fsp3) is 0.636. The molecule has 2 N–H and O–H groups in total. The van der Waals surface area contributed by atoms with Crippen molar-refractivity contribution >= 4 is 17.4 Å². The van der Waals surface area contributed by atoms with Gasteiger partial charge in [0.25, 0.3) is 0 Å². The fourth-order valence-corrected chi connectivity index (χ4v) is 1.40. The molecule has 16 heavy (non-hydrogen) atoms. The van der Waals surface area contributed by atoms with Crippen LogP contribution in [0.2, 0.25) is 5.15 Å². The lowest BCUT2D eigenvalue weighted by molar-refractivity contribution is 0.292. The summed E-state index contributed by atoms with van der Waals surface area (Å²) in [7, 11) is 0. The van der Waals surface area contributed by atoms with Crippen LogP contribution in [-0.4, -0.2) is 28.2 Å². The lowest BCUT2D eigenvalue weighted by Gasteiger charge is -2.12. The second-order valence-corrected chi connectivity index (χ2v) is 4.36. The molecule has 0 fully saturated rings. The van der Waals surface area contributed by atoms with Gasteiger partial charge in [0.05, 0.1) is 0 Å². The molecule has 0 aliphatic heterocycles. The van der Waals surface area contributed by atoms with E-state index in [1.165, 1.54) is 0 Å². The third-order valence-corrected chi connectivity index (χ3v) is 2.62. The van der Waals surface area contributed by atoms with Crippen molar-refractivity contribution in [1.82, 2.24) is 9.97 Å². The molecule has 0 saturated carbocycles. The number of rotatable bonds is 5. The molecule has 0 aromatic carbocycles. The number of nitrogens with zero attached hydrogens (tertiary/aromatic N) is 2. The number of hydrogen-bond acceptors (Lipinski definition) is 4. The molecule has 4 nitrogen and oxygen atoms in total. The summed E-state index contributed by atoms with van der Waals surface area (Å²) in [5, 5.41) is 12.4. The van der Waals surface area contributed by atoms with Crippen LogP contribution in [0.15, 0.2) is 0 Å². The number of aliphatic hydroxyl groups is 1. The highest BCUT2D eigenvalue weighted by atomic mass is 35.5. The average Bonchev–Trinajstić information content (AvgIpc) is 2.24. The molecular formula is C11H18ClN3O. The Morgan fingerprint density at radius 2 is 2.06 bits per heavy atom. The molecule has 0 spiro atoms. The van der Waals surface area contributed by atoms with E-state index in [4.69, 9.17) is 16.7 Å². The van der Waals surface area contributed by atoms with Crippen LogP contribution in [0.5, 0.6) is 0 Å². The Balaban J connectivity index is 2.88. The summed E-state index contributed by atoms with van der Waals surface area (Å²) >= 11 is 6.04. The maximum atomic E-state index is 8.71. The van der Waals surface area contributed by atoms with E-state index in [0.29, 0.717) is 18.1 Å². The normalized spacial score (nSPS) is 10.9. The monoisotopic (exact) mass is 243 g/mol. The predicted octanol–water partition coefficient (Wildman–Crippen LogP) is 2.36. The van der Waals surface area contributed by atoms with Crippen molar-refractivity contribution in [3.8, 4) is 0 Å². The number of hydrogen-bond donors (Lipinski definition) is 2. The smallest absolute Gasteiger partial charge is 0.137 e. The lowest BCUT2D eigenvalue weighted by atomic mass is 10.2. The van der Waals surface area contributed by atoms with Crippen molar-refractivity contribution in [2.45, 2.75) is 33.1 Å². The van der Waals surface area contributed by atoms with Crippen molar-refractivity contribution in [2.75, 3.05) is 18.5 Å². The molecule has 5 heteroatoms. The van der Waals surface area contributed by atoms with Crippen LogP contribution in [-0.2, 0) is 0 Å². The van der Waals surface area contributed by atoms with Crippen LogP contribution in [0.3, 0.4) is 0 Å². The van der Waals surface area contributed by atoms with E-state index in [0.717, 1.165) is 17.2 Å². The zero-order chi connectivity index (χ0) is 12.1. The highest BCUT2D eigenvalue weighted by Crippen LogP contribution is 2.22. The molecule has 1 heterocycles. The Bertz CT molecular complexity index is 355. The highest BCUT2D eigenvalue weighted by Gasteiger charge is 2.11. The molecule has 0 aliphatic rings. The Kier molecular flexibility index (Phi) is 4.96. The average molecular weight is 244 g/mol. The minimum absolute atomic E-state index is 0.169. The van der Waals surface area contributed by atoms with Gasteiger partial charge in [-0.25, -0.2) is 9.97 Å². The SMILES string of the molecule is Cc1c(Cl)nc(C(C)C)nc1NCCCO. The first-order valence-corrected chi connectivity index (χ1v) is 5.82. The first-order valence-electron chi connectivity index (χ1n) is 5.45. The first kappa shape index (κ1) is 13.2. The van der Waals surface area contributed by atoms with Gasteiger partial charge in [0, 0.05) is 24.6 Å². The van der Waals surface area contributed by atoms with Crippen LogP contribution in [0, 0.1) is 6.92 Å². The molecule has 90 valence electrons. The van der Waals surface area contributed by atoms with Gasteiger partial charge < -0.3 is 10.4 Å². The lowest BCUT2D eigenvalue weighted by Crippen LogP contribution is -2.10. The molecule has 0 atom stereocenters. The molecule has 0 unspecified atom stereocenters. The molecule has 1 rings (SSSR count). The standard InChI is InChI=1S/C11H18ClN3O/c1-7(2)10-14-9(12)8(3)11(15-10)13-5-4-6-16/h7,16H,4-6H2,1-3H3,(H,13,14,15). The molecule has 0 amide bonds. The van der Waals surface area contributed by atoms with Gasteiger partial charge in [-0.15, -0.1) is 0 Å². The maximum absolute atomic E-state index is 8.71. The van der Waals surface area contributed by atoms with Gasteiger partial charge in [-0.1, -0.05) is 25.4 Å². The van der Waals surface area contributed by atoms with Crippen LogP contribution in [0.4, 0.5) is 5.82 Å². The highest BCUT2D eigenvalue weighted by molar-refractivity contribution is 6.30. The summed E-state index contributed by atoms with van der Waals surface area (Å²) < 4.78 is 0. The zero-order valence-corrected chi connectivity index (χ0v) is 10.7. The van der Waals surface area contributed by atoms with Crippen molar-refractivity contribution in [3.05, 3.63) is 16.5 Å². The van der Waals surface area contributed by atoms with Crippen LogP contribution in [0.1, 0.15) is 37.6 Å². The van der Waals surface area contributed by atoms with E-state index in [-0.39, 0.29) is 12.5 Å². The molecule has 1 aromatic rings. The number of aliphatic hydroxyl groups excluding tert-OH is 1.